The van der Waals surface area contributed by atoms with Gasteiger partial charge in [0.2, 0.25) is 0 Å². The molecule has 0 radical (unpaired) electrons. The molecule has 2 heterocycles. The molecule has 1 aliphatic heterocycles. The van der Waals surface area contributed by atoms with E-state index in [9.17, 15) is 0 Å². The molecule has 0 aliphatic carbocycles. The topological polar surface area (TPSA) is 56.5 Å². The molecule has 5 heteroatoms. The molecular weight excluding hydrogens is 220 g/mol. The van der Waals surface area contributed by atoms with E-state index in [4.69, 9.17) is 13.9 Å². The van der Waals surface area contributed by atoms with Gasteiger partial charge in [0.15, 0.2) is 11.7 Å². The SMILES string of the molecule is CCNCCCc1ncc(C2COCCO2)o1. The van der Waals surface area contributed by atoms with Gasteiger partial charge in [-0.25, -0.2) is 4.98 Å². The third kappa shape index (κ3) is 3.80. The van der Waals surface area contributed by atoms with Crippen LogP contribution >= 0.6 is 0 Å². The Morgan fingerprint density at radius 3 is 3.18 bits per heavy atom. The van der Waals surface area contributed by atoms with Crippen molar-refractivity contribution in [2.24, 2.45) is 0 Å². The second kappa shape index (κ2) is 6.74. The van der Waals surface area contributed by atoms with E-state index in [1.165, 1.54) is 0 Å². The third-order valence-electron chi connectivity index (χ3n) is 2.70. The van der Waals surface area contributed by atoms with Gasteiger partial charge in [0.05, 0.1) is 26.0 Å². The maximum Gasteiger partial charge on any atom is 0.194 e. The number of aromatic nitrogens is 1. The fourth-order valence-electron chi connectivity index (χ4n) is 1.78. The largest absolute Gasteiger partial charge is 0.443 e. The van der Waals surface area contributed by atoms with E-state index < -0.39 is 0 Å². The molecule has 1 atom stereocenters. The van der Waals surface area contributed by atoms with Crippen LogP contribution in [-0.2, 0) is 15.9 Å². The summed E-state index contributed by atoms with van der Waals surface area (Å²) in [6, 6.07) is 0. The van der Waals surface area contributed by atoms with Gasteiger partial charge >= 0.3 is 0 Å². The molecule has 96 valence electrons. The van der Waals surface area contributed by atoms with Gasteiger partial charge in [-0.15, -0.1) is 0 Å². The fraction of sp³-hybridized carbons (Fsp3) is 0.750. The molecule has 1 fully saturated rings. The molecule has 1 saturated heterocycles. The lowest BCUT2D eigenvalue weighted by Crippen LogP contribution is -2.21. The van der Waals surface area contributed by atoms with Crippen molar-refractivity contribution < 1.29 is 13.9 Å². The van der Waals surface area contributed by atoms with Gasteiger partial charge < -0.3 is 19.2 Å². The Morgan fingerprint density at radius 2 is 2.41 bits per heavy atom. The minimum absolute atomic E-state index is 0.0845. The van der Waals surface area contributed by atoms with E-state index in [1.807, 2.05) is 0 Å². The van der Waals surface area contributed by atoms with Crippen LogP contribution in [-0.4, -0.2) is 37.9 Å². The van der Waals surface area contributed by atoms with Gasteiger partial charge in [-0.05, 0) is 19.5 Å². The van der Waals surface area contributed by atoms with Crippen molar-refractivity contribution in [1.29, 1.82) is 0 Å². The molecule has 1 unspecified atom stereocenters. The average molecular weight is 240 g/mol. The molecule has 1 N–H and O–H groups in total. The molecule has 0 saturated carbocycles. The van der Waals surface area contributed by atoms with Gasteiger partial charge in [0.25, 0.3) is 0 Å². The maximum atomic E-state index is 5.66. The van der Waals surface area contributed by atoms with Crippen LogP contribution in [0.5, 0.6) is 0 Å². The Bertz CT molecular complexity index is 321. The second-order valence-electron chi connectivity index (χ2n) is 4.05. The van der Waals surface area contributed by atoms with E-state index in [0.717, 1.165) is 37.6 Å². The molecule has 1 aromatic rings. The zero-order valence-electron chi connectivity index (χ0n) is 10.3. The van der Waals surface area contributed by atoms with Crippen molar-refractivity contribution in [2.45, 2.75) is 25.9 Å². The monoisotopic (exact) mass is 240 g/mol. The van der Waals surface area contributed by atoms with E-state index in [0.29, 0.717) is 19.8 Å². The van der Waals surface area contributed by atoms with E-state index in [2.05, 4.69) is 17.2 Å². The lowest BCUT2D eigenvalue weighted by molar-refractivity contribution is -0.0978. The summed E-state index contributed by atoms with van der Waals surface area (Å²) in [6.45, 7) is 5.96. The summed E-state index contributed by atoms with van der Waals surface area (Å²) in [5.41, 5.74) is 0. The number of rotatable bonds is 6. The zero-order valence-corrected chi connectivity index (χ0v) is 10.3. The number of nitrogens with zero attached hydrogens (tertiary/aromatic N) is 1. The fourth-order valence-corrected chi connectivity index (χ4v) is 1.78. The lowest BCUT2D eigenvalue weighted by atomic mass is 10.3. The Balaban J connectivity index is 1.78. The summed E-state index contributed by atoms with van der Waals surface area (Å²) in [6.07, 6.45) is 3.57. The van der Waals surface area contributed by atoms with Crippen LogP contribution in [0.1, 0.15) is 31.1 Å². The van der Waals surface area contributed by atoms with Crippen LogP contribution in [0.4, 0.5) is 0 Å². The van der Waals surface area contributed by atoms with Crippen molar-refractivity contribution in [3.63, 3.8) is 0 Å². The molecule has 1 aromatic heterocycles. The molecule has 5 nitrogen and oxygen atoms in total. The molecule has 0 amide bonds. The first kappa shape index (κ1) is 12.5. The van der Waals surface area contributed by atoms with Gasteiger partial charge in [-0.3, -0.25) is 0 Å². The summed E-state index contributed by atoms with van der Waals surface area (Å²) < 4.78 is 16.5. The van der Waals surface area contributed by atoms with E-state index >= 15 is 0 Å². The number of hydrogen-bond acceptors (Lipinski definition) is 5. The summed E-state index contributed by atoms with van der Waals surface area (Å²) in [4.78, 5) is 4.26. The highest BCUT2D eigenvalue weighted by molar-refractivity contribution is 4.99. The summed E-state index contributed by atoms with van der Waals surface area (Å²) >= 11 is 0. The first-order valence-corrected chi connectivity index (χ1v) is 6.25. The third-order valence-corrected chi connectivity index (χ3v) is 2.70. The second-order valence-corrected chi connectivity index (χ2v) is 4.05. The number of nitrogens with one attached hydrogen (secondary N) is 1. The van der Waals surface area contributed by atoms with Crippen molar-refractivity contribution in [2.75, 3.05) is 32.9 Å². The zero-order chi connectivity index (χ0) is 11.9. The van der Waals surface area contributed by atoms with Crippen molar-refractivity contribution in [1.82, 2.24) is 10.3 Å². The predicted molar refractivity (Wildman–Crippen MR) is 62.9 cm³/mol. The molecular formula is C12H20N2O3. The highest BCUT2D eigenvalue weighted by Gasteiger charge is 2.20. The maximum absolute atomic E-state index is 5.66. The van der Waals surface area contributed by atoms with Crippen molar-refractivity contribution in [3.8, 4) is 0 Å². The molecule has 0 bridgehead atoms. The minimum Gasteiger partial charge on any atom is -0.443 e. The Kier molecular flexibility index (Phi) is 4.97. The smallest absolute Gasteiger partial charge is 0.194 e. The average Bonchev–Trinajstić information content (AvgIpc) is 2.85. The van der Waals surface area contributed by atoms with E-state index in [-0.39, 0.29) is 6.10 Å². The van der Waals surface area contributed by atoms with Gasteiger partial charge in [-0.1, -0.05) is 6.92 Å². The molecule has 0 spiro atoms. The standard InChI is InChI=1S/C12H20N2O3/c1-2-13-5-3-4-12-14-8-10(17-12)11-9-15-6-7-16-11/h8,11,13H,2-7,9H2,1H3. The Hall–Kier alpha value is -0.910. The van der Waals surface area contributed by atoms with Crippen molar-refractivity contribution >= 4 is 0 Å². The Labute approximate surface area is 102 Å². The number of ether oxygens (including phenoxy) is 2. The summed E-state index contributed by atoms with van der Waals surface area (Å²) in [7, 11) is 0. The summed E-state index contributed by atoms with van der Waals surface area (Å²) in [5.74, 6) is 1.57. The van der Waals surface area contributed by atoms with E-state index in [1.54, 1.807) is 6.20 Å². The van der Waals surface area contributed by atoms with Gasteiger partial charge in [0, 0.05) is 6.42 Å². The van der Waals surface area contributed by atoms with Crippen molar-refractivity contribution in [3.05, 3.63) is 17.8 Å². The van der Waals surface area contributed by atoms with Crippen LogP contribution in [0.25, 0.3) is 0 Å². The van der Waals surface area contributed by atoms with Crippen LogP contribution in [0.3, 0.4) is 0 Å². The first-order valence-electron chi connectivity index (χ1n) is 6.25. The molecule has 17 heavy (non-hydrogen) atoms. The number of oxazole rings is 1. The lowest BCUT2D eigenvalue weighted by Gasteiger charge is -2.20. The quantitative estimate of drug-likeness (QED) is 0.760. The predicted octanol–water partition coefficient (Wildman–Crippen LogP) is 1.30. The van der Waals surface area contributed by atoms with Crippen LogP contribution in [0, 0.1) is 0 Å². The minimum atomic E-state index is -0.0845. The molecule has 1 aliphatic rings. The van der Waals surface area contributed by atoms with Gasteiger partial charge in [0.1, 0.15) is 6.10 Å². The highest BCUT2D eigenvalue weighted by Crippen LogP contribution is 2.21. The first-order chi connectivity index (χ1) is 8.40. The number of hydrogen-bond donors (Lipinski definition) is 1. The highest BCUT2D eigenvalue weighted by atomic mass is 16.6. The van der Waals surface area contributed by atoms with Crippen LogP contribution < -0.4 is 5.32 Å². The summed E-state index contributed by atoms with van der Waals surface area (Å²) in [5, 5.41) is 3.27. The van der Waals surface area contributed by atoms with Gasteiger partial charge in [-0.2, -0.15) is 0 Å². The molecule has 2 rings (SSSR count). The normalized spacial score (nSPS) is 20.6. The van der Waals surface area contributed by atoms with Crippen LogP contribution in [0.2, 0.25) is 0 Å². The van der Waals surface area contributed by atoms with Crippen LogP contribution in [0.15, 0.2) is 10.6 Å². The number of aryl methyl sites for hydroxylation is 1. The Morgan fingerprint density at radius 1 is 1.47 bits per heavy atom. The molecule has 0 aromatic carbocycles.